The minimum Gasteiger partial charge on any atom is -0.493 e. The molecule has 5 heteroatoms. The second kappa shape index (κ2) is 5.45. The maximum absolute atomic E-state index is 6.16. The van der Waals surface area contributed by atoms with Crippen LogP contribution >= 0.6 is 0 Å². The molecule has 108 valence electrons. The fourth-order valence-electron chi connectivity index (χ4n) is 2.24. The molecule has 2 aromatic rings. The van der Waals surface area contributed by atoms with Gasteiger partial charge in [-0.25, -0.2) is 4.98 Å². The molecule has 0 fully saturated rings. The topological polar surface area (TPSA) is 62.3 Å². The van der Waals surface area contributed by atoms with Crippen LogP contribution in [0.15, 0.2) is 18.2 Å². The van der Waals surface area contributed by atoms with Crippen molar-refractivity contribution in [3.63, 3.8) is 0 Å². The van der Waals surface area contributed by atoms with Gasteiger partial charge in [0.1, 0.15) is 17.3 Å². The number of nitrogens with two attached hydrogens (primary N) is 1. The lowest BCUT2D eigenvalue weighted by Gasteiger charge is -2.08. The highest BCUT2D eigenvalue weighted by atomic mass is 16.5. The van der Waals surface area contributed by atoms with Crippen molar-refractivity contribution in [2.45, 2.75) is 19.8 Å². The molecule has 0 amide bonds. The summed E-state index contributed by atoms with van der Waals surface area (Å²) in [6.45, 7) is 4.19. The van der Waals surface area contributed by atoms with Crippen molar-refractivity contribution >= 4 is 5.82 Å². The van der Waals surface area contributed by atoms with Crippen LogP contribution in [0.4, 0.5) is 5.82 Å². The molecule has 0 bridgehead atoms. The lowest BCUT2D eigenvalue weighted by Crippen LogP contribution is -2.02. The van der Waals surface area contributed by atoms with Crippen molar-refractivity contribution in [3.05, 3.63) is 24.0 Å². The molecule has 1 heterocycles. The number of ether oxygens (including phenoxy) is 2. The van der Waals surface area contributed by atoms with Gasteiger partial charge in [0.2, 0.25) is 0 Å². The number of methoxy groups -OCH3 is 2. The number of hydrogen-bond donors (Lipinski definition) is 1. The first-order valence-corrected chi connectivity index (χ1v) is 6.54. The monoisotopic (exact) mass is 275 g/mol. The van der Waals surface area contributed by atoms with Gasteiger partial charge in [-0.3, -0.25) is 0 Å². The number of anilines is 1. The van der Waals surface area contributed by atoms with Crippen molar-refractivity contribution in [1.82, 2.24) is 9.55 Å². The molecule has 0 saturated heterocycles. The first-order valence-electron chi connectivity index (χ1n) is 6.54. The lowest BCUT2D eigenvalue weighted by molar-refractivity contribution is 0.355. The number of nitrogens with zero attached hydrogens (tertiary/aromatic N) is 2. The lowest BCUT2D eigenvalue weighted by atomic mass is 10.1. The summed E-state index contributed by atoms with van der Waals surface area (Å²) in [6, 6.07) is 5.68. The normalized spacial score (nSPS) is 10.9. The molecule has 0 radical (unpaired) electrons. The molecule has 0 aliphatic rings. The standard InChI is InChI=1S/C15H21N3O2/c1-9(2)15-17-13(14(16)18(15)3)10-6-7-11(19-4)12(8-10)20-5/h6-9H,16H2,1-5H3. The molecule has 0 saturated carbocycles. The van der Waals surface area contributed by atoms with E-state index in [1.165, 1.54) is 0 Å². The smallest absolute Gasteiger partial charge is 0.161 e. The van der Waals surface area contributed by atoms with Crippen LogP contribution in [0.25, 0.3) is 11.3 Å². The zero-order valence-corrected chi connectivity index (χ0v) is 12.6. The van der Waals surface area contributed by atoms with Gasteiger partial charge in [0.15, 0.2) is 11.5 Å². The number of rotatable bonds is 4. The molecule has 1 aromatic carbocycles. The Hall–Kier alpha value is -2.17. The summed E-state index contributed by atoms with van der Waals surface area (Å²) in [6.07, 6.45) is 0. The summed E-state index contributed by atoms with van der Waals surface area (Å²) in [4.78, 5) is 4.65. The minimum absolute atomic E-state index is 0.316. The maximum atomic E-state index is 6.16. The zero-order chi connectivity index (χ0) is 14.9. The van der Waals surface area contributed by atoms with Gasteiger partial charge < -0.3 is 19.8 Å². The van der Waals surface area contributed by atoms with E-state index in [-0.39, 0.29) is 0 Å². The molecule has 2 N–H and O–H groups in total. The summed E-state index contributed by atoms with van der Waals surface area (Å²) in [5.74, 6) is 3.29. The maximum Gasteiger partial charge on any atom is 0.161 e. The van der Waals surface area contributed by atoms with Gasteiger partial charge >= 0.3 is 0 Å². The quantitative estimate of drug-likeness (QED) is 0.932. The second-order valence-corrected chi connectivity index (χ2v) is 4.99. The Morgan fingerprint density at radius 1 is 1.15 bits per heavy atom. The van der Waals surface area contributed by atoms with Crippen LogP contribution in [0, 0.1) is 0 Å². The summed E-state index contributed by atoms with van der Waals surface area (Å²) < 4.78 is 12.5. The fraction of sp³-hybridized carbons (Fsp3) is 0.400. The van der Waals surface area contributed by atoms with Crippen LogP contribution in [0.2, 0.25) is 0 Å². The van der Waals surface area contributed by atoms with Crippen molar-refractivity contribution in [3.8, 4) is 22.8 Å². The molecular formula is C15H21N3O2. The van der Waals surface area contributed by atoms with Gasteiger partial charge in [-0.1, -0.05) is 13.8 Å². The number of benzene rings is 1. The van der Waals surface area contributed by atoms with Crippen LogP contribution in [0.3, 0.4) is 0 Å². The van der Waals surface area contributed by atoms with E-state index in [4.69, 9.17) is 15.2 Å². The van der Waals surface area contributed by atoms with Gasteiger partial charge in [-0.2, -0.15) is 0 Å². The Morgan fingerprint density at radius 3 is 2.30 bits per heavy atom. The van der Waals surface area contributed by atoms with Crippen LogP contribution in [-0.4, -0.2) is 23.8 Å². The van der Waals surface area contributed by atoms with Gasteiger partial charge in [-0.05, 0) is 18.2 Å². The molecule has 0 aliphatic carbocycles. The Balaban J connectivity index is 2.54. The van der Waals surface area contributed by atoms with E-state index >= 15 is 0 Å². The van der Waals surface area contributed by atoms with Gasteiger partial charge in [0.25, 0.3) is 0 Å². The average Bonchev–Trinajstić information content (AvgIpc) is 2.74. The first kappa shape index (κ1) is 14.2. The molecule has 0 unspecified atom stereocenters. The van der Waals surface area contributed by atoms with Crippen molar-refractivity contribution in [2.24, 2.45) is 7.05 Å². The Morgan fingerprint density at radius 2 is 1.80 bits per heavy atom. The molecule has 1 aromatic heterocycles. The highest BCUT2D eigenvalue weighted by molar-refractivity contribution is 5.73. The SMILES string of the molecule is COc1ccc(-c2nc(C(C)C)n(C)c2N)cc1OC. The van der Waals surface area contributed by atoms with Crippen molar-refractivity contribution in [1.29, 1.82) is 0 Å². The van der Waals surface area contributed by atoms with Gasteiger partial charge in [0, 0.05) is 18.5 Å². The van der Waals surface area contributed by atoms with Gasteiger partial charge in [0.05, 0.1) is 14.2 Å². The van der Waals surface area contributed by atoms with E-state index < -0.39 is 0 Å². The van der Waals surface area contributed by atoms with Crippen LogP contribution in [0.1, 0.15) is 25.6 Å². The number of imidazole rings is 1. The molecule has 0 atom stereocenters. The number of hydrogen-bond acceptors (Lipinski definition) is 4. The molecule has 20 heavy (non-hydrogen) atoms. The third-order valence-corrected chi connectivity index (χ3v) is 3.35. The third-order valence-electron chi connectivity index (χ3n) is 3.35. The zero-order valence-electron chi connectivity index (χ0n) is 12.6. The van der Waals surface area contributed by atoms with Crippen LogP contribution in [-0.2, 0) is 7.05 Å². The molecule has 0 aliphatic heterocycles. The van der Waals surface area contributed by atoms with Crippen molar-refractivity contribution < 1.29 is 9.47 Å². The van der Waals surface area contributed by atoms with Crippen LogP contribution < -0.4 is 15.2 Å². The first-order chi connectivity index (χ1) is 9.49. The third kappa shape index (κ3) is 2.31. The van der Waals surface area contributed by atoms with Crippen molar-refractivity contribution in [2.75, 3.05) is 20.0 Å². The van der Waals surface area contributed by atoms with E-state index in [1.807, 2.05) is 29.8 Å². The Bertz CT molecular complexity index is 618. The highest BCUT2D eigenvalue weighted by Gasteiger charge is 2.17. The summed E-state index contributed by atoms with van der Waals surface area (Å²) in [7, 11) is 5.16. The highest BCUT2D eigenvalue weighted by Crippen LogP contribution is 2.35. The molecule has 2 rings (SSSR count). The Labute approximate surface area is 119 Å². The molecule has 0 spiro atoms. The van der Waals surface area contributed by atoms with E-state index in [1.54, 1.807) is 14.2 Å². The average molecular weight is 275 g/mol. The summed E-state index contributed by atoms with van der Waals surface area (Å²) in [5, 5.41) is 0. The van der Waals surface area contributed by atoms with Gasteiger partial charge in [-0.15, -0.1) is 0 Å². The van der Waals surface area contributed by atoms with E-state index in [0.717, 1.165) is 17.1 Å². The Kier molecular flexibility index (Phi) is 3.88. The largest absolute Gasteiger partial charge is 0.493 e. The summed E-state index contributed by atoms with van der Waals surface area (Å²) in [5.41, 5.74) is 7.86. The summed E-state index contributed by atoms with van der Waals surface area (Å²) >= 11 is 0. The molecular weight excluding hydrogens is 254 g/mol. The number of nitrogen functional groups attached to an aromatic ring is 1. The second-order valence-electron chi connectivity index (χ2n) is 4.99. The fourth-order valence-corrected chi connectivity index (χ4v) is 2.24. The number of aromatic nitrogens is 2. The molecule has 5 nitrogen and oxygen atoms in total. The predicted octanol–water partition coefficient (Wildman–Crippen LogP) is 2.81. The minimum atomic E-state index is 0.316. The predicted molar refractivity (Wildman–Crippen MR) is 80.2 cm³/mol. The van der Waals surface area contributed by atoms with E-state index in [2.05, 4.69) is 18.8 Å². The van der Waals surface area contributed by atoms with Crippen LogP contribution in [0.5, 0.6) is 11.5 Å². The van der Waals surface area contributed by atoms with E-state index in [9.17, 15) is 0 Å². The van der Waals surface area contributed by atoms with E-state index in [0.29, 0.717) is 23.2 Å².